The Hall–Kier alpha value is -2.54. The van der Waals surface area contributed by atoms with Crippen molar-refractivity contribution in [2.24, 2.45) is 0 Å². The van der Waals surface area contributed by atoms with Crippen LogP contribution in [0.15, 0.2) is 24.3 Å². The molecule has 0 aliphatic carbocycles. The molecule has 4 heteroatoms. The molecule has 0 atom stereocenters. The number of benzene rings is 2. The second-order valence-corrected chi connectivity index (χ2v) is 5.23. The van der Waals surface area contributed by atoms with E-state index in [4.69, 9.17) is 15.9 Å². The lowest BCUT2D eigenvalue weighted by atomic mass is 9.92. The van der Waals surface area contributed by atoms with Crippen LogP contribution in [0.5, 0.6) is 5.75 Å². The van der Waals surface area contributed by atoms with Gasteiger partial charge in [0.2, 0.25) is 6.79 Å². The van der Waals surface area contributed by atoms with E-state index in [1.165, 1.54) is 13.0 Å². The molecule has 0 N–H and O–H groups in total. The molecular formula is C18H17FO3. The van der Waals surface area contributed by atoms with Crippen molar-refractivity contribution in [1.29, 1.82) is 0 Å². The van der Waals surface area contributed by atoms with Crippen LogP contribution in [0.25, 0.3) is 10.8 Å². The minimum Gasteiger partial charge on any atom is -0.457 e. The molecule has 0 unspecified atom stereocenters. The molecular weight excluding hydrogens is 283 g/mol. The van der Waals surface area contributed by atoms with Gasteiger partial charge in [0.25, 0.3) is 0 Å². The fourth-order valence-electron chi connectivity index (χ4n) is 2.31. The number of terminal acetylenes is 1. The summed E-state index contributed by atoms with van der Waals surface area (Å²) in [6.45, 7) is 5.14. The molecule has 0 saturated carbocycles. The molecule has 0 aliphatic rings. The Morgan fingerprint density at radius 3 is 2.68 bits per heavy atom. The Labute approximate surface area is 129 Å². The number of hydrogen-bond donors (Lipinski definition) is 0. The molecule has 114 valence electrons. The highest BCUT2D eigenvalue weighted by Gasteiger charge is 2.14. The van der Waals surface area contributed by atoms with Gasteiger partial charge in [-0.15, -0.1) is 6.42 Å². The fourth-order valence-corrected chi connectivity index (χ4v) is 2.31. The topological polar surface area (TPSA) is 35.5 Å². The molecule has 0 spiro atoms. The highest BCUT2D eigenvalue weighted by molar-refractivity contribution is 5.93. The first kappa shape index (κ1) is 15.8. The summed E-state index contributed by atoms with van der Waals surface area (Å²) in [5, 5.41) is 1.51. The van der Waals surface area contributed by atoms with E-state index in [1.54, 1.807) is 18.2 Å². The average Bonchev–Trinajstić information content (AvgIpc) is 2.46. The summed E-state index contributed by atoms with van der Waals surface area (Å²) in [5.41, 5.74) is 1.15. The van der Waals surface area contributed by atoms with Gasteiger partial charge >= 0.3 is 5.97 Å². The van der Waals surface area contributed by atoms with Gasteiger partial charge in [0.1, 0.15) is 11.6 Å². The van der Waals surface area contributed by atoms with Crippen LogP contribution in [0, 0.1) is 18.2 Å². The number of halogens is 1. The van der Waals surface area contributed by atoms with Crippen LogP contribution in [0.3, 0.4) is 0 Å². The number of esters is 1. The van der Waals surface area contributed by atoms with Gasteiger partial charge in [0.05, 0.1) is 5.56 Å². The van der Waals surface area contributed by atoms with Crippen molar-refractivity contribution in [3.8, 4) is 18.1 Å². The Balaban J connectivity index is 2.54. The second-order valence-electron chi connectivity index (χ2n) is 5.23. The summed E-state index contributed by atoms with van der Waals surface area (Å²) in [5.74, 6) is 2.28. The zero-order valence-electron chi connectivity index (χ0n) is 12.8. The summed E-state index contributed by atoms with van der Waals surface area (Å²) >= 11 is 0. The predicted octanol–water partition coefficient (Wildman–Crippen LogP) is 3.98. The molecule has 2 aromatic rings. The van der Waals surface area contributed by atoms with Gasteiger partial charge in [0, 0.05) is 12.3 Å². The van der Waals surface area contributed by atoms with E-state index in [0.29, 0.717) is 5.75 Å². The molecule has 0 aliphatic heterocycles. The number of ether oxygens (including phenoxy) is 2. The fraction of sp³-hybridized carbons (Fsp3) is 0.278. The maximum atomic E-state index is 13.9. The summed E-state index contributed by atoms with van der Waals surface area (Å²) in [4.78, 5) is 10.8. The number of carbonyl (C=O) groups is 1. The molecule has 0 saturated heterocycles. The van der Waals surface area contributed by atoms with Crippen LogP contribution in [0.1, 0.15) is 37.8 Å². The standard InChI is InChI=1S/C18H17FO3/c1-5-15-17(19)7-6-13-8-14(22-10-21-12(4)20)9-16(11(2)3)18(13)15/h1,6-9,11H,10H2,2-4H3. The number of rotatable bonds is 4. The molecule has 0 fully saturated rings. The highest BCUT2D eigenvalue weighted by atomic mass is 19.1. The van der Waals surface area contributed by atoms with Crippen molar-refractivity contribution >= 4 is 16.7 Å². The van der Waals surface area contributed by atoms with Gasteiger partial charge in [-0.25, -0.2) is 4.39 Å². The van der Waals surface area contributed by atoms with Gasteiger partial charge in [-0.1, -0.05) is 25.8 Å². The smallest absolute Gasteiger partial charge is 0.305 e. The summed E-state index contributed by atoms with van der Waals surface area (Å²) in [7, 11) is 0. The third kappa shape index (κ3) is 3.20. The van der Waals surface area contributed by atoms with Crippen molar-refractivity contribution < 1.29 is 18.7 Å². The van der Waals surface area contributed by atoms with Crippen molar-refractivity contribution in [1.82, 2.24) is 0 Å². The first-order chi connectivity index (χ1) is 10.4. The Morgan fingerprint density at radius 2 is 2.09 bits per heavy atom. The molecule has 2 rings (SSSR count). The van der Waals surface area contributed by atoms with Gasteiger partial charge < -0.3 is 9.47 Å². The van der Waals surface area contributed by atoms with E-state index < -0.39 is 11.8 Å². The van der Waals surface area contributed by atoms with Crippen molar-refractivity contribution in [3.63, 3.8) is 0 Å². The van der Waals surface area contributed by atoms with Crippen LogP contribution in [-0.4, -0.2) is 12.8 Å². The Kier molecular flexibility index (Phi) is 4.67. The largest absolute Gasteiger partial charge is 0.457 e. The van der Waals surface area contributed by atoms with Crippen LogP contribution in [0.4, 0.5) is 4.39 Å². The van der Waals surface area contributed by atoms with E-state index >= 15 is 0 Å². The first-order valence-electron chi connectivity index (χ1n) is 6.93. The molecule has 22 heavy (non-hydrogen) atoms. The van der Waals surface area contributed by atoms with Crippen LogP contribution < -0.4 is 4.74 Å². The lowest BCUT2D eigenvalue weighted by Crippen LogP contribution is -2.07. The second kappa shape index (κ2) is 6.48. The lowest BCUT2D eigenvalue weighted by molar-refractivity contribution is -0.147. The van der Waals surface area contributed by atoms with E-state index in [2.05, 4.69) is 5.92 Å². The van der Waals surface area contributed by atoms with E-state index in [1.807, 2.05) is 13.8 Å². The van der Waals surface area contributed by atoms with Gasteiger partial charge in [0.15, 0.2) is 0 Å². The maximum Gasteiger partial charge on any atom is 0.305 e. The van der Waals surface area contributed by atoms with Crippen molar-refractivity contribution in [3.05, 3.63) is 41.2 Å². The van der Waals surface area contributed by atoms with E-state index in [0.717, 1.165) is 16.3 Å². The summed E-state index contributed by atoms with van der Waals surface area (Å²) in [6, 6.07) is 6.56. The highest BCUT2D eigenvalue weighted by Crippen LogP contribution is 2.33. The number of carbonyl (C=O) groups excluding carboxylic acids is 1. The van der Waals surface area contributed by atoms with Crippen LogP contribution in [0.2, 0.25) is 0 Å². The van der Waals surface area contributed by atoms with Crippen molar-refractivity contribution in [2.45, 2.75) is 26.7 Å². The first-order valence-corrected chi connectivity index (χ1v) is 6.93. The third-order valence-corrected chi connectivity index (χ3v) is 3.33. The molecule has 3 nitrogen and oxygen atoms in total. The summed E-state index contributed by atoms with van der Waals surface area (Å²) < 4.78 is 24.1. The monoisotopic (exact) mass is 300 g/mol. The zero-order chi connectivity index (χ0) is 16.3. The molecule has 2 aromatic carbocycles. The SMILES string of the molecule is C#Cc1c(F)ccc2cc(OCOC(C)=O)cc(C(C)C)c12. The molecule has 0 radical (unpaired) electrons. The van der Waals surface area contributed by atoms with Crippen LogP contribution in [-0.2, 0) is 9.53 Å². The van der Waals surface area contributed by atoms with E-state index in [-0.39, 0.29) is 18.3 Å². The zero-order valence-corrected chi connectivity index (χ0v) is 12.8. The lowest BCUT2D eigenvalue weighted by Gasteiger charge is -2.15. The van der Waals surface area contributed by atoms with Gasteiger partial charge in [-0.3, -0.25) is 4.79 Å². The summed E-state index contributed by atoms with van der Waals surface area (Å²) in [6.07, 6.45) is 5.46. The van der Waals surface area contributed by atoms with Crippen LogP contribution >= 0.6 is 0 Å². The molecule has 0 bridgehead atoms. The van der Waals surface area contributed by atoms with E-state index in [9.17, 15) is 9.18 Å². The number of hydrogen-bond acceptors (Lipinski definition) is 3. The molecule has 0 heterocycles. The third-order valence-electron chi connectivity index (χ3n) is 3.33. The minimum absolute atomic E-state index is 0.133. The minimum atomic E-state index is -0.415. The Bertz CT molecular complexity index is 757. The normalized spacial score (nSPS) is 10.5. The Morgan fingerprint density at radius 1 is 1.36 bits per heavy atom. The van der Waals surface area contributed by atoms with Gasteiger partial charge in [-0.05, 0) is 35.1 Å². The average molecular weight is 300 g/mol. The molecule has 0 amide bonds. The predicted molar refractivity (Wildman–Crippen MR) is 83.2 cm³/mol. The quantitative estimate of drug-likeness (QED) is 0.487. The molecule has 0 aromatic heterocycles. The van der Waals surface area contributed by atoms with Gasteiger partial charge in [-0.2, -0.15) is 0 Å². The maximum absolute atomic E-state index is 13.9. The van der Waals surface area contributed by atoms with Crippen molar-refractivity contribution in [2.75, 3.05) is 6.79 Å². The number of fused-ring (bicyclic) bond motifs is 1.